The van der Waals surface area contributed by atoms with Gasteiger partial charge in [-0.15, -0.1) is 11.8 Å². The van der Waals surface area contributed by atoms with Crippen LogP contribution in [-0.4, -0.2) is 35.0 Å². The van der Waals surface area contributed by atoms with Crippen LogP contribution >= 0.6 is 23.4 Å². The number of rotatable bonds is 12. The van der Waals surface area contributed by atoms with Crippen molar-refractivity contribution in [3.05, 3.63) is 129 Å². The highest BCUT2D eigenvalue weighted by Crippen LogP contribution is 2.33. The summed E-state index contributed by atoms with van der Waals surface area (Å²) in [7, 11) is 1.50. The summed E-state index contributed by atoms with van der Waals surface area (Å²) in [5.41, 5.74) is 1.71. The zero-order valence-electron chi connectivity index (χ0n) is 25.2. The molecule has 0 aliphatic rings. The quantitative estimate of drug-likeness (QED) is 0.0620. The van der Waals surface area contributed by atoms with Crippen LogP contribution in [0.5, 0.6) is 5.75 Å². The maximum absolute atomic E-state index is 13.5. The van der Waals surface area contributed by atoms with Gasteiger partial charge in [0.25, 0.3) is 17.5 Å². The van der Waals surface area contributed by atoms with Crippen molar-refractivity contribution in [1.82, 2.24) is 5.32 Å². The highest BCUT2D eigenvalue weighted by Gasteiger charge is 2.22. The molecule has 0 saturated carbocycles. The van der Waals surface area contributed by atoms with E-state index in [1.165, 1.54) is 43.1 Å². The molecule has 0 heterocycles. The number of methoxy groups -OCH3 is 1. The van der Waals surface area contributed by atoms with Gasteiger partial charge in [0.15, 0.2) is 0 Å². The summed E-state index contributed by atoms with van der Waals surface area (Å²) in [6.45, 7) is 3.72. The van der Waals surface area contributed by atoms with Crippen molar-refractivity contribution in [2.45, 2.75) is 30.4 Å². The number of nitrogens with zero attached hydrogens (tertiary/aromatic N) is 1. The number of nitro groups is 1. The fraction of sp³-hybridized carbons (Fsp3) is 0.147. The summed E-state index contributed by atoms with van der Waals surface area (Å²) in [4.78, 5) is 51.5. The Morgan fingerprint density at radius 1 is 0.978 bits per heavy atom. The van der Waals surface area contributed by atoms with Gasteiger partial charge in [0.05, 0.1) is 28.5 Å². The normalized spacial score (nSPS) is 11.7. The van der Waals surface area contributed by atoms with E-state index in [0.717, 1.165) is 5.56 Å². The molecular weight excluding hydrogens is 628 g/mol. The minimum atomic E-state index is -0.695. The van der Waals surface area contributed by atoms with Crippen molar-refractivity contribution in [3.8, 4) is 5.75 Å². The molecule has 1 atom stereocenters. The molecule has 4 aromatic rings. The Hall–Kier alpha value is -5.13. The Kier molecular flexibility index (Phi) is 11.5. The number of nitro benzene ring substituents is 1. The Morgan fingerprint density at radius 3 is 2.39 bits per heavy atom. The van der Waals surface area contributed by atoms with Crippen LogP contribution in [-0.2, 0) is 9.59 Å². The second kappa shape index (κ2) is 15.7. The van der Waals surface area contributed by atoms with Crippen molar-refractivity contribution in [2.24, 2.45) is 0 Å². The van der Waals surface area contributed by atoms with Crippen molar-refractivity contribution >= 4 is 64.2 Å². The van der Waals surface area contributed by atoms with Crippen LogP contribution in [0.15, 0.2) is 102 Å². The van der Waals surface area contributed by atoms with Gasteiger partial charge in [0.2, 0.25) is 5.91 Å². The average Bonchev–Trinajstić information content (AvgIpc) is 3.05. The molecule has 0 bridgehead atoms. The first kappa shape index (κ1) is 33.8. The fourth-order valence-electron chi connectivity index (χ4n) is 4.35. The zero-order valence-corrected chi connectivity index (χ0v) is 26.8. The smallest absolute Gasteiger partial charge is 0.276 e. The van der Waals surface area contributed by atoms with Gasteiger partial charge in [-0.05, 0) is 67.4 Å². The van der Waals surface area contributed by atoms with Gasteiger partial charge in [-0.25, -0.2) is 0 Å². The van der Waals surface area contributed by atoms with Crippen molar-refractivity contribution in [1.29, 1.82) is 0 Å². The fourth-order valence-corrected chi connectivity index (χ4v) is 5.52. The average molecular weight is 659 g/mol. The van der Waals surface area contributed by atoms with Crippen LogP contribution in [0, 0.1) is 17.0 Å². The molecule has 46 heavy (non-hydrogen) atoms. The highest BCUT2D eigenvalue weighted by molar-refractivity contribution is 8.00. The third-order valence-electron chi connectivity index (χ3n) is 6.73. The Bertz CT molecular complexity index is 1800. The number of para-hydroxylation sites is 1. The van der Waals surface area contributed by atoms with Gasteiger partial charge in [-0.1, -0.05) is 54.9 Å². The summed E-state index contributed by atoms with van der Waals surface area (Å²) in [6.07, 6.45) is 1.77. The predicted octanol–water partition coefficient (Wildman–Crippen LogP) is 7.48. The number of benzene rings is 4. The van der Waals surface area contributed by atoms with E-state index >= 15 is 0 Å². The number of thioether (sulfide) groups is 1. The monoisotopic (exact) mass is 658 g/mol. The number of anilines is 2. The number of hydrogen-bond donors (Lipinski definition) is 3. The number of nitrogens with one attached hydrogen (secondary N) is 3. The standard InChI is InChI=1S/C34H31ClN4O6S/c1-4-31(34(42)37-27-17-21(2)26(35)20-30(27)45-3)46-25-15-10-14-24(19-25)36-33(41)28(38-32(40)22-11-6-5-7-12-22)18-23-13-8-9-16-29(23)39(43)44/h5-20,31H,4H2,1-3H3,(H,36,41)(H,37,42)(H,38,40)/b28-18+. The van der Waals surface area contributed by atoms with Gasteiger partial charge < -0.3 is 20.7 Å². The molecule has 12 heteroatoms. The molecule has 236 valence electrons. The van der Waals surface area contributed by atoms with E-state index in [1.54, 1.807) is 66.7 Å². The number of ether oxygens (including phenoxy) is 1. The second-order valence-electron chi connectivity index (χ2n) is 9.98. The summed E-state index contributed by atoms with van der Waals surface area (Å²) in [6, 6.07) is 24.5. The van der Waals surface area contributed by atoms with E-state index in [1.807, 2.05) is 19.9 Å². The Morgan fingerprint density at radius 2 is 1.70 bits per heavy atom. The molecule has 4 aromatic carbocycles. The molecule has 1 unspecified atom stereocenters. The first-order chi connectivity index (χ1) is 22.1. The third-order valence-corrected chi connectivity index (χ3v) is 8.50. The molecule has 3 amide bonds. The molecular formula is C34H31ClN4O6S. The molecule has 0 fully saturated rings. The molecule has 0 aromatic heterocycles. The Labute approximate surface area is 275 Å². The minimum absolute atomic E-state index is 0.139. The molecule has 0 saturated heterocycles. The van der Waals surface area contributed by atoms with Crippen molar-refractivity contribution in [3.63, 3.8) is 0 Å². The van der Waals surface area contributed by atoms with E-state index in [2.05, 4.69) is 16.0 Å². The van der Waals surface area contributed by atoms with Crippen LogP contribution in [0.1, 0.15) is 34.8 Å². The molecule has 10 nitrogen and oxygen atoms in total. The number of carbonyl (C=O) groups is 3. The second-order valence-corrected chi connectivity index (χ2v) is 11.7. The van der Waals surface area contributed by atoms with Crippen LogP contribution in [0.25, 0.3) is 6.08 Å². The third kappa shape index (κ3) is 8.74. The van der Waals surface area contributed by atoms with Crippen LogP contribution < -0.4 is 20.7 Å². The lowest BCUT2D eigenvalue weighted by Crippen LogP contribution is -2.30. The molecule has 0 spiro atoms. The molecule has 0 radical (unpaired) electrons. The number of amides is 3. The van der Waals surface area contributed by atoms with Crippen LogP contribution in [0.4, 0.5) is 17.1 Å². The summed E-state index contributed by atoms with van der Waals surface area (Å²) < 4.78 is 5.38. The molecule has 0 aliphatic heterocycles. The first-order valence-electron chi connectivity index (χ1n) is 14.1. The van der Waals surface area contributed by atoms with Crippen LogP contribution in [0.3, 0.4) is 0 Å². The predicted molar refractivity (Wildman–Crippen MR) is 181 cm³/mol. The first-order valence-corrected chi connectivity index (χ1v) is 15.4. The van der Waals surface area contributed by atoms with E-state index in [4.69, 9.17) is 16.3 Å². The summed E-state index contributed by atoms with van der Waals surface area (Å²) in [5, 5.41) is 19.9. The van der Waals surface area contributed by atoms with E-state index in [9.17, 15) is 24.5 Å². The lowest BCUT2D eigenvalue weighted by Gasteiger charge is -2.18. The maximum Gasteiger partial charge on any atom is 0.276 e. The molecule has 0 aliphatic carbocycles. The summed E-state index contributed by atoms with van der Waals surface area (Å²) >= 11 is 7.52. The van der Waals surface area contributed by atoms with Gasteiger partial charge in [-0.3, -0.25) is 24.5 Å². The number of carbonyl (C=O) groups excluding carboxylic acids is 3. The van der Waals surface area contributed by atoms with E-state index in [0.29, 0.717) is 39.0 Å². The van der Waals surface area contributed by atoms with Crippen molar-refractivity contribution < 1.29 is 24.0 Å². The minimum Gasteiger partial charge on any atom is -0.495 e. The SMILES string of the molecule is CCC(Sc1cccc(NC(=O)/C(=C\c2ccccc2[N+](=O)[O-])NC(=O)c2ccccc2)c1)C(=O)Nc1cc(C)c(Cl)cc1OC. The van der Waals surface area contributed by atoms with Crippen LogP contribution in [0.2, 0.25) is 5.02 Å². The van der Waals surface area contributed by atoms with Gasteiger partial charge in [-0.2, -0.15) is 0 Å². The number of hydrogen-bond acceptors (Lipinski definition) is 7. The largest absolute Gasteiger partial charge is 0.495 e. The number of halogens is 1. The van der Waals surface area contributed by atoms with Crippen molar-refractivity contribution in [2.75, 3.05) is 17.7 Å². The van der Waals surface area contributed by atoms with Gasteiger partial charge in [0, 0.05) is 33.3 Å². The maximum atomic E-state index is 13.5. The number of aryl methyl sites for hydroxylation is 1. The topological polar surface area (TPSA) is 140 Å². The van der Waals surface area contributed by atoms with Gasteiger partial charge >= 0.3 is 0 Å². The Balaban J connectivity index is 1.55. The zero-order chi connectivity index (χ0) is 33.2. The van der Waals surface area contributed by atoms with Gasteiger partial charge in [0.1, 0.15) is 11.4 Å². The lowest BCUT2D eigenvalue weighted by atomic mass is 10.1. The van der Waals surface area contributed by atoms with E-state index < -0.39 is 22.0 Å². The lowest BCUT2D eigenvalue weighted by molar-refractivity contribution is -0.385. The summed E-state index contributed by atoms with van der Waals surface area (Å²) in [5.74, 6) is -1.05. The molecule has 3 N–H and O–H groups in total. The highest BCUT2D eigenvalue weighted by atomic mass is 35.5. The van der Waals surface area contributed by atoms with E-state index in [-0.39, 0.29) is 22.9 Å². The molecule has 4 rings (SSSR count).